The molecule has 0 saturated heterocycles. The van der Waals surface area contributed by atoms with Crippen molar-refractivity contribution in [2.75, 3.05) is 7.05 Å². The van der Waals surface area contributed by atoms with Crippen LogP contribution in [0.15, 0.2) is 11.3 Å². The van der Waals surface area contributed by atoms with Crippen LogP contribution in [0.3, 0.4) is 0 Å². The lowest BCUT2D eigenvalue weighted by Gasteiger charge is -2.22. The molecule has 1 heterocycles. The Hall–Kier alpha value is -0.990. The number of hydrazone groups is 1. The topological polar surface area (TPSA) is 79.0 Å². The quantitative estimate of drug-likeness (QED) is 0.482. The summed E-state index contributed by atoms with van der Waals surface area (Å²) in [5.74, 6) is 0.586. The van der Waals surface area contributed by atoms with Gasteiger partial charge < -0.3 is 10.8 Å². The highest BCUT2D eigenvalue weighted by Crippen LogP contribution is 2.34. The number of rotatable bonds is 5. The van der Waals surface area contributed by atoms with Crippen LogP contribution >= 0.6 is 22.6 Å². The number of aromatic nitrogens is 3. The largest absolute Gasteiger partial charge is 0.312 e. The average molecular weight is 346 g/mol. The first-order valence-corrected chi connectivity index (χ1v) is 6.66. The van der Waals surface area contributed by atoms with Crippen LogP contribution in [0.2, 0.25) is 0 Å². The van der Waals surface area contributed by atoms with E-state index in [1.165, 1.54) is 19.3 Å². The van der Waals surface area contributed by atoms with Gasteiger partial charge in [-0.15, -0.1) is 5.10 Å². The summed E-state index contributed by atoms with van der Waals surface area (Å²) in [6, 6.07) is 0. The number of nitrogens with one attached hydrogen (secondary N) is 2. The van der Waals surface area contributed by atoms with E-state index in [1.54, 1.807) is 11.7 Å². The SMILES string of the molecule is CN/N=C(/I)C(=N)Cn1cc(C2CCC2)nn1. The molecule has 0 aromatic carbocycles. The summed E-state index contributed by atoms with van der Waals surface area (Å²) in [6.07, 6.45) is 5.67. The van der Waals surface area contributed by atoms with Crippen molar-refractivity contribution in [1.29, 1.82) is 5.41 Å². The minimum absolute atomic E-state index is 0.420. The van der Waals surface area contributed by atoms with E-state index in [9.17, 15) is 0 Å². The fraction of sp³-hybridized carbons (Fsp3) is 0.600. The highest BCUT2D eigenvalue weighted by atomic mass is 127. The minimum atomic E-state index is 0.420. The number of halogens is 1. The Bertz CT molecular complexity index is 434. The second-order valence-corrected chi connectivity index (χ2v) is 5.10. The van der Waals surface area contributed by atoms with Crippen molar-refractivity contribution < 1.29 is 0 Å². The first kappa shape index (κ1) is 12.5. The molecule has 1 saturated carbocycles. The molecule has 0 radical (unpaired) electrons. The second-order valence-electron chi connectivity index (χ2n) is 4.07. The van der Waals surface area contributed by atoms with Gasteiger partial charge in [-0.2, -0.15) is 5.10 Å². The van der Waals surface area contributed by atoms with Crippen LogP contribution in [0.25, 0.3) is 0 Å². The molecule has 1 aromatic heterocycles. The molecule has 7 heteroatoms. The lowest BCUT2D eigenvalue weighted by molar-refractivity contribution is 0.410. The average Bonchev–Trinajstić information content (AvgIpc) is 2.64. The van der Waals surface area contributed by atoms with Gasteiger partial charge >= 0.3 is 0 Å². The highest BCUT2D eigenvalue weighted by Gasteiger charge is 2.22. The molecule has 17 heavy (non-hydrogen) atoms. The molecule has 1 aromatic rings. The third-order valence-corrected chi connectivity index (χ3v) is 3.75. The molecule has 2 rings (SSSR count). The van der Waals surface area contributed by atoms with Gasteiger partial charge in [-0.3, -0.25) is 0 Å². The Labute approximate surface area is 114 Å². The molecule has 0 unspecified atom stereocenters. The summed E-state index contributed by atoms with van der Waals surface area (Å²) in [5, 5.41) is 20.0. The van der Waals surface area contributed by atoms with Crippen LogP contribution in [0, 0.1) is 5.41 Å². The van der Waals surface area contributed by atoms with Crippen molar-refractivity contribution in [3.05, 3.63) is 11.9 Å². The molecule has 0 spiro atoms. The van der Waals surface area contributed by atoms with E-state index in [0.29, 0.717) is 21.9 Å². The van der Waals surface area contributed by atoms with Crippen LogP contribution in [0.1, 0.15) is 30.9 Å². The van der Waals surface area contributed by atoms with E-state index in [1.807, 2.05) is 28.8 Å². The Balaban J connectivity index is 1.96. The third kappa shape index (κ3) is 3.02. The zero-order valence-corrected chi connectivity index (χ0v) is 11.8. The lowest BCUT2D eigenvalue weighted by Crippen LogP contribution is -2.17. The molecule has 92 valence electrons. The molecule has 1 fully saturated rings. The molecule has 0 atom stereocenters. The van der Waals surface area contributed by atoms with Gasteiger partial charge in [0.05, 0.1) is 18.0 Å². The van der Waals surface area contributed by atoms with E-state index >= 15 is 0 Å². The van der Waals surface area contributed by atoms with Crippen LogP contribution in [0.5, 0.6) is 0 Å². The first-order chi connectivity index (χ1) is 8.20. The van der Waals surface area contributed by atoms with Gasteiger partial charge in [0.2, 0.25) is 0 Å². The zero-order valence-electron chi connectivity index (χ0n) is 9.65. The normalized spacial score (nSPS) is 16.7. The highest BCUT2D eigenvalue weighted by molar-refractivity contribution is 14.1. The van der Waals surface area contributed by atoms with Crippen LogP contribution in [0.4, 0.5) is 0 Å². The van der Waals surface area contributed by atoms with Gasteiger partial charge in [0, 0.05) is 19.2 Å². The van der Waals surface area contributed by atoms with E-state index in [0.717, 1.165) is 5.69 Å². The number of hydrogen-bond donors (Lipinski definition) is 2. The van der Waals surface area contributed by atoms with Gasteiger partial charge in [-0.05, 0) is 35.4 Å². The molecule has 1 aliphatic carbocycles. The Kier molecular flexibility index (Phi) is 4.08. The Morgan fingerprint density at radius 2 is 2.47 bits per heavy atom. The molecule has 0 bridgehead atoms. The summed E-state index contributed by atoms with van der Waals surface area (Å²) in [6.45, 7) is 0.420. The summed E-state index contributed by atoms with van der Waals surface area (Å²) in [7, 11) is 1.72. The summed E-state index contributed by atoms with van der Waals surface area (Å²) in [5.41, 5.74) is 4.17. The van der Waals surface area contributed by atoms with E-state index < -0.39 is 0 Å². The molecule has 0 amide bonds. The maximum atomic E-state index is 7.84. The standard InChI is InChI=1S/C10H15IN6/c1-13-15-10(11)8(12)5-17-6-9(14-16-17)7-3-2-4-7/h6-7,12-13H,2-5H2,1H3/b12-8?,15-10+. The lowest BCUT2D eigenvalue weighted by atomic mass is 9.83. The Morgan fingerprint density at radius 3 is 3.06 bits per heavy atom. The van der Waals surface area contributed by atoms with Gasteiger partial charge in [0.15, 0.2) is 0 Å². The van der Waals surface area contributed by atoms with Crippen molar-refractivity contribution >= 4 is 32.0 Å². The second kappa shape index (κ2) is 5.56. The molecular formula is C10H15IN6. The maximum Gasteiger partial charge on any atom is 0.143 e. The minimum Gasteiger partial charge on any atom is -0.312 e. The van der Waals surface area contributed by atoms with E-state index in [2.05, 4.69) is 20.8 Å². The van der Waals surface area contributed by atoms with Crippen LogP contribution in [-0.4, -0.2) is 31.5 Å². The monoisotopic (exact) mass is 346 g/mol. The molecular weight excluding hydrogens is 331 g/mol. The number of hydrogen-bond acceptors (Lipinski definition) is 5. The van der Waals surface area contributed by atoms with Gasteiger partial charge in [0.25, 0.3) is 0 Å². The predicted molar refractivity (Wildman–Crippen MR) is 74.9 cm³/mol. The number of nitrogens with zero attached hydrogens (tertiary/aromatic N) is 4. The van der Waals surface area contributed by atoms with Gasteiger partial charge in [-0.1, -0.05) is 11.6 Å². The smallest absolute Gasteiger partial charge is 0.143 e. The van der Waals surface area contributed by atoms with E-state index in [-0.39, 0.29) is 0 Å². The van der Waals surface area contributed by atoms with Gasteiger partial charge in [-0.25, -0.2) is 4.68 Å². The fourth-order valence-corrected chi connectivity index (χ4v) is 2.09. The third-order valence-electron chi connectivity index (χ3n) is 2.86. The molecule has 0 aliphatic heterocycles. The van der Waals surface area contributed by atoms with Crippen molar-refractivity contribution in [2.24, 2.45) is 5.10 Å². The van der Waals surface area contributed by atoms with Crippen LogP contribution < -0.4 is 5.43 Å². The van der Waals surface area contributed by atoms with Crippen molar-refractivity contribution in [1.82, 2.24) is 20.4 Å². The van der Waals surface area contributed by atoms with Crippen molar-refractivity contribution in [3.63, 3.8) is 0 Å². The molecule has 6 nitrogen and oxygen atoms in total. The maximum absolute atomic E-state index is 7.84. The molecule has 1 aliphatic rings. The van der Waals surface area contributed by atoms with Crippen LogP contribution in [-0.2, 0) is 6.54 Å². The Morgan fingerprint density at radius 1 is 1.71 bits per heavy atom. The van der Waals surface area contributed by atoms with Crippen molar-refractivity contribution in [3.8, 4) is 0 Å². The zero-order chi connectivity index (χ0) is 12.3. The van der Waals surface area contributed by atoms with E-state index in [4.69, 9.17) is 5.41 Å². The predicted octanol–water partition coefficient (Wildman–Crippen LogP) is 1.53. The summed E-state index contributed by atoms with van der Waals surface area (Å²) < 4.78 is 2.35. The molecule has 2 N–H and O–H groups in total. The van der Waals surface area contributed by atoms with Gasteiger partial charge in [0.1, 0.15) is 3.72 Å². The fourth-order valence-electron chi connectivity index (χ4n) is 1.67. The summed E-state index contributed by atoms with van der Waals surface area (Å²) in [4.78, 5) is 0. The first-order valence-electron chi connectivity index (χ1n) is 5.58. The van der Waals surface area contributed by atoms with Crippen molar-refractivity contribution in [2.45, 2.75) is 31.7 Å². The summed E-state index contributed by atoms with van der Waals surface area (Å²) >= 11 is 2.03.